The van der Waals surface area contributed by atoms with Crippen LogP contribution in [0.15, 0.2) is 30.3 Å². The SMILES string of the molecule is C[C@H](C(=O)N1CCN(C(=O)c2ccccc2)CC1)N1CCSCC1. The fourth-order valence-corrected chi connectivity index (χ4v) is 4.21. The van der Waals surface area contributed by atoms with Gasteiger partial charge in [-0.25, -0.2) is 0 Å². The van der Waals surface area contributed by atoms with E-state index >= 15 is 0 Å². The van der Waals surface area contributed by atoms with E-state index in [-0.39, 0.29) is 17.9 Å². The summed E-state index contributed by atoms with van der Waals surface area (Å²) < 4.78 is 0. The van der Waals surface area contributed by atoms with Crippen molar-refractivity contribution < 1.29 is 9.59 Å². The number of thioether (sulfide) groups is 1. The van der Waals surface area contributed by atoms with Gasteiger partial charge in [0.15, 0.2) is 0 Å². The van der Waals surface area contributed by atoms with Crippen LogP contribution in [0.2, 0.25) is 0 Å². The molecule has 2 amide bonds. The molecule has 2 aliphatic heterocycles. The fourth-order valence-electron chi connectivity index (χ4n) is 3.28. The molecule has 1 aromatic carbocycles. The van der Waals surface area contributed by atoms with Crippen LogP contribution in [0, 0.1) is 0 Å². The van der Waals surface area contributed by atoms with E-state index in [0.29, 0.717) is 26.2 Å². The van der Waals surface area contributed by atoms with Gasteiger partial charge in [0.25, 0.3) is 5.91 Å². The van der Waals surface area contributed by atoms with Gasteiger partial charge in [0.1, 0.15) is 0 Å². The Labute approximate surface area is 148 Å². The first-order valence-corrected chi connectivity index (χ1v) is 9.77. The maximum absolute atomic E-state index is 12.7. The summed E-state index contributed by atoms with van der Waals surface area (Å²) in [6.07, 6.45) is 0. The van der Waals surface area contributed by atoms with Crippen molar-refractivity contribution in [2.45, 2.75) is 13.0 Å². The number of piperazine rings is 1. The Hall–Kier alpha value is -1.53. The molecule has 2 heterocycles. The number of carbonyl (C=O) groups is 2. The van der Waals surface area contributed by atoms with Crippen molar-refractivity contribution in [3.05, 3.63) is 35.9 Å². The number of carbonyl (C=O) groups excluding carboxylic acids is 2. The molecule has 0 unspecified atom stereocenters. The van der Waals surface area contributed by atoms with Crippen molar-refractivity contribution in [1.82, 2.24) is 14.7 Å². The van der Waals surface area contributed by atoms with E-state index in [9.17, 15) is 9.59 Å². The Bertz CT molecular complexity index is 567. The molecule has 0 radical (unpaired) electrons. The molecule has 2 saturated heterocycles. The van der Waals surface area contributed by atoms with Crippen LogP contribution in [0.5, 0.6) is 0 Å². The second-order valence-electron chi connectivity index (χ2n) is 6.31. The van der Waals surface area contributed by atoms with Crippen molar-refractivity contribution in [1.29, 1.82) is 0 Å². The highest BCUT2D eigenvalue weighted by molar-refractivity contribution is 7.99. The number of hydrogen-bond acceptors (Lipinski definition) is 4. The van der Waals surface area contributed by atoms with E-state index in [1.54, 1.807) is 0 Å². The van der Waals surface area contributed by atoms with Gasteiger partial charge in [-0.15, -0.1) is 0 Å². The van der Waals surface area contributed by atoms with Gasteiger partial charge < -0.3 is 9.80 Å². The first-order valence-electron chi connectivity index (χ1n) is 8.62. The quantitative estimate of drug-likeness (QED) is 0.829. The van der Waals surface area contributed by atoms with E-state index in [1.807, 2.05) is 58.8 Å². The van der Waals surface area contributed by atoms with Gasteiger partial charge in [-0.3, -0.25) is 14.5 Å². The van der Waals surface area contributed by atoms with Crippen molar-refractivity contribution in [3.8, 4) is 0 Å². The maximum atomic E-state index is 12.7. The lowest BCUT2D eigenvalue weighted by atomic mass is 10.1. The molecular formula is C18H25N3O2S. The van der Waals surface area contributed by atoms with Crippen LogP contribution in [0.25, 0.3) is 0 Å². The van der Waals surface area contributed by atoms with Gasteiger partial charge in [-0.1, -0.05) is 18.2 Å². The minimum absolute atomic E-state index is 0.0534. The van der Waals surface area contributed by atoms with E-state index in [1.165, 1.54) is 0 Å². The molecule has 1 aromatic rings. The monoisotopic (exact) mass is 347 g/mol. The summed E-state index contributed by atoms with van der Waals surface area (Å²) >= 11 is 1.95. The van der Waals surface area contributed by atoms with Crippen LogP contribution in [0.1, 0.15) is 17.3 Å². The number of nitrogens with zero attached hydrogens (tertiary/aromatic N) is 3. The zero-order chi connectivity index (χ0) is 16.9. The van der Waals surface area contributed by atoms with Gasteiger partial charge in [0.2, 0.25) is 5.91 Å². The van der Waals surface area contributed by atoms with Gasteiger partial charge in [-0.2, -0.15) is 11.8 Å². The number of amides is 2. The van der Waals surface area contributed by atoms with Crippen molar-refractivity contribution in [3.63, 3.8) is 0 Å². The summed E-state index contributed by atoms with van der Waals surface area (Å²) in [6.45, 7) is 6.48. The highest BCUT2D eigenvalue weighted by Gasteiger charge is 2.30. The number of hydrogen-bond donors (Lipinski definition) is 0. The standard InChI is InChI=1S/C18H25N3O2S/c1-15(19-11-13-24-14-12-19)17(22)20-7-9-21(10-8-20)18(23)16-5-3-2-4-6-16/h2-6,15H,7-14H2,1H3/t15-/m1/s1. The van der Waals surface area contributed by atoms with E-state index in [0.717, 1.165) is 30.2 Å². The molecule has 3 rings (SSSR count). The highest BCUT2D eigenvalue weighted by Crippen LogP contribution is 2.15. The third-order valence-corrected chi connectivity index (χ3v) is 5.79. The molecule has 1 atom stereocenters. The summed E-state index contributed by atoms with van der Waals surface area (Å²) in [5.74, 6) is 2.48. The third kappa shape index (κ3) is 3.92. The van der Waals surface area contributed by atoms with Crippen molar-refractivity contribution >= 4 is 23.6 Å². The lowest BCUT2D eigenvalue weighted by Crippen LogP contribution is -2.56. The van der Waals surface area contributed by atoms with Gasteiger partial charge in [-0.05, 0) is 19.1 Å². The zero-order valence-electron chi connectivity index (χ0n) is 14.2. The topological polar surface area (TPSA) is 43.9 Å². The smallest absolute Gasteiger partial charge is 0.253 e. The molecule has 24 heavy (non-hydrogen) atoms. The van der Waals surface area contributed by atoms with Gasteiger partial charge in [0.05, 0.1) is 6.04 Å². The van der Waals surface area contributed by atoms with Gasteiger partial charge in [0, 0.05) is 56.3 Å². The maximum Gasteiger partial charge on any atom is 0.253 e. The fraction of sp³-hybridized carbons (Fsp3) is 0.556. The first-order chi connectivity index (χ1) is 11.7. The summed E-state index contributed by atoms with van der Waals surface area (Å²) in [6, 6.07) is 9.31. The summed E-state index contributed by atoms with van der Waals surface area (Å²) in [5.41, 5.74) is 0.719. The summed E-state index contributed by atoms with van der Waals surface area (Å²) in [4.78, 5) is 31.2. The predicted octanol–water partition coefficient (Wildman–Crippen LogP) is 1.41. The molecule has 0 N–H and O–H groups in total. The van der Waals surface area contributed by atoms with Crippen LogP contribution in [0.3, 0.4) is 0 Å². The Balaban J connectivity index is 1.52. The number of benzene rings is 1. The number of rotatable bonds is 3. The first kappa shape index (κ1) is 17.3. The molecule has 0 aliphatic carbocycles. The van der Waals surface area contributed by atoms with Crippen molar-refractivity contribution in [2.75, 3.05) is 50.8 Å². The molecule has 2 aliphatic rings. The largest absolute Gasteiger partial charge is 0.338 e. The Morgan fingerprint density at radius 2 is 1.50 bits per heavy atom. The minimum Gasteiger partial charge on any atom is -0.338 e. The second kappa shape index (κ2) is 8.03. The molecule has 5 nitrogen and oxygen atoms in total. The average Bonchev–Trinajstić information content (AvgIpc) is 2.68. The molecule has 6 heteroatoms. The normalized spacial score (nSPS) is 20.7. The predicted molar refractivity (Wildman–Crippen MR) is 97.3 cm³/mol. The van der Waals surface area contributed by atoms with Crippen LogP contribution >= 0.6 is 11.8 Å². The third-order valence-electron chi connectivity index (χ3n) is 4.85. The summed E-state index contributed by atoms with van der Waals surface area (Å²) in [7, 11) is 0. The summed E-state index contributed by atoms with van der Waals surface area (Å²) in [5, 5.41) is 0. The second-order valence-corrected chi connectivity index (χ2v) is 7.53. The Morgan fingerprint density at radius 1 is 0.917 bits per heavy atom. The zero-order valence-corrected chi connectivity index (χ0v) is 15.0. The lowest BCUT2D eigenvalue weighted by Gasteiger charge is -2.39. The molecule has 130 valence electrons. The molecule has 0 bridgehead atoms. The minimum atomic E-state index is -0.0534. The highest BCUT2D eigenvalue weighted by atomic mass is 32.2. The Morgan fingerprint density at radius 3 is 2.12 bits per heavy atom. The van der Waals surface area contributed by atoms with E-state index in [2.05, 4.69) is 4.90 Å². The van der Waals surface area contributed by atoms with Crippen LogP contribution in [-0.4, -0.2) is 83.3 Å². The van der Waals surface area contributed by atoms with Crippen LogP contribution in [0.4, 0.5) is 0 Å². The molecule has 0 saturated carbocycles. The lowest BCUT2D eigenvalue weighted by molar-refractivity contribution is -0.137. The molecule has 0 spiro atoms. The van der Waals surface area contributed by atoms with E-state index in [4.69, 9.17) is 0 Å². The van der Waals surface area contributed by atoms with E-state index < -0.39 is 0 Å². The molecule has 2 fully saturated rings. The molecule has 0 aromatic heterocycles. The van der Waals surface area contributed by atoms with Crippen LogP contribution in [-0.2, 0) is 4.79 Å². The Kier molecular flexibility index (Phi) is 5.79. The molecular weight excluding hydrogens is 322 g/mol. The van der Waals surface area contributed by atoms with Gasteiger partial charge >= 0.3 is 0 Å². The average molecular weight is 347 g/mol. The van der Waals surface area contributed by atoms with Crippen molar-refractivity contribution in [2.24, 2.45) is 0 Å². The van der Waals surface area contributed by atoms with Crippen LogP contribution < -0.4 is 0 Å².